The van der Waals surface area contributed by atoms with E-state index in [0.717, 1.165) is 4.80 Å². The second-order valence-corrected chi connectivity index (χ2v) is 6.40. The maximum Gasteiger partial charge on any atom is 0.279 e. The Labute approximate surface area is 155 Å². The Morgan fingerprint density at radius 2 is 2.19 bits per heavy atom. The molecule has 7 nitrogen and oxygen atoms in total. The van der Waals surface area contributed by atoms with Crippen LogP contribution in [0.1, 0.15) is 33.6 Å². The van der Waals surface area contributed by atoms with Gasteiger partial charge < -0.3 is 10.1 Å². The van der Waals surface area contributed by atoms with Gasteiger partial charge >= 0.3 is 0 Å². The summed E-state index contributed by atoms with van der Waals surface area (Å²) in [6.45, 7) is 1.49. The second kappa shape index (κ2) is 7.42. The third-order valence-corrected chi connectivity index (χ3v) is 4.28. The van der Waals surface area contributed by atoms with Crippen molar-refractivity contribution in [3.05, 3.63) is 51.1 Å². The number of aliphatic hydroxyl groups is 1. The van der Waals surface area contributed by atoms with E-state index in [0.29, 0.717) is 10.0 Å². The SMILES string of the molecule is Cc1c(-c2nnn(CCO)n2)[nH]c(C(F)F)c1C(=O)c1cccc(Br)c1. The van der Waals surface area contributed by atoms with Crippen molar-refractivity contribution < 1.29 is 18.7 Å². The van der Waals surface area contributed by atoms with Crippen molar-refractivity contribution in [2.45, 2.75) is 19.9 Å². The highest BCUT2D eigenvalue weighted by molar-refractivity contribution is 9.10. The average molecular weight is 426 g/mol. The number of halogens is 3. The van der Waals surface area contributed by atoms with Crippen molar-refractivity contribution in [3.63, 3.8) is 0 Å². The fraction of sp³-hybridized carbons (Fsp3) is 0.250. The molecule has 0 saturated carbocycles. The van der Waals surface area contributed by atoms with Crippen molar-refractivity contribution in [1.82, 2.24) is 25.2 Å². The predicted molar refractivity (Wildman–Crippen MR) is 92.0 cm³/mol. The first-order chi connectivity index (χ1) is 12.4. The molecule has 0 spiro atoms. The molecule has 2 N–H and O–H groups in total. The Kier molecular flexibility index (Phi) is 5.23. The van der Waals surface area contributed by atoms with Crippen LogP contribution in [0.25, 0.3) is 11.5 Å². The third kappa shape index (κ3) is 3.42. The Bertz CT molecular complexity index is 954. The fourth-order valence-electron chi connectivity index (χ4n) is 2.60. The molecule has 0 atom stereocenters. The van der Waals surface area contributed by atoms with Crippen LogP contribution in [-0.4, -0.2) is 42.7 Å². The molecule has 2 aromatic heterocycles. The minimum atomic E-state index is -2.87. The number of nitrogens with zero attached hydrogens (tertiary/aromatic N) is 4. The van der Waals surface area contributed by atoms with E-state index in [-0.39, 0.29) is 35.8 Å². The van der Waals surface area contributed by atoms with E-state index < -0.39 is 17.9 Å². The summed E-state index contributed by atoms with van der Waals surface area (Å²) in [5.41, 5.74) is 0.205. The number of nitrogens with one attached hydrogen (secondary N) is 1. The highest BCUT2D eigenvalue weighted by atomic mass is 79.9. The van der Waals surface area contributed by atoms with E-state index in [1.807, 2.05) is 0 Å². The highest BCUT2D eigenvalue weighted by Crippen LogP contribution is 2.33. The molecule has 0 unspecified atom stereocenters. The minimum Gasteiger partial charge on any atom is -0.394 e. The van der Waals surface area contributed by atoms with Crippen LogP contribution >= 0.6 is 15.9 Å². The summed E-state index contributed by atoms with van der Waals surface area (Å²) >= 11 is 3.27. The van der Waals surface area contributed by atoms with Gasteiger partial charge in [0.05, 0.1) is 30.1 Å². The van der Waals surface area contributed by atoms with E-state index in [4.69, 9.17) is 5.11 Å². The molecule has 10 heteroatoms. The van der Waals surface area contributed by atoms with Crippen LogP contribution in [0.4, 0.5) is 8.78 Å². The summed E-state index contributed by atoms with van der Waals surface area (Å²) in [5.74, 6) is -0.449. The molecule has 136 valence electrons. The van der Waals surface area contributed by atoms with Crippen molar-refractivity contribution >= 4 is 21.7 Å². The first-order valence-corrected chi connectivity index (χ1v) is 8.41. The molecule has 3 rings (SSSR count). The number of H-pyrrole nitrogens is 1. The normalized spacial score (nSPS) is 11.3. The van der Waals surface area contributed by atoms with E-state index in [2.05, 4.69) is 36.3 Å². The van der Waals surface area contributed by atoms with E-state index in [9.17, 15) is 13.6 Å². The number of aromatic nitrogens is 5. The molecule has 1 aromatic carbocycles. The van der Waals surface area contributed by atoms with Crippen LogP contribution in [0.2, 0.25) is 0 Å². The lowest BCUT2D eigenvalue weighted by Gasteiger charge is -2.05. The van der Waals surface area contributed by atoms with Gasteiger partial charge in [0.1, 0.15) is 0 Å². The molecule has 0 amide bonds. The lowest BCUT2D eigenvalue weighted by Crippen LogP contribution is -2.06. The van der Waals surface area contributed by atoms with Gasteiger partial charge in [0.2, 0.25) is 5.82 Å². The van der Waals surface area contributed by atoms with Crippen LogP contribution in [0.15, 0.2) is 28.7 Å². The molecule has 2 heterocycles. The zero-order valence-electron chi connectivity index (χ0n) is 13.6. The molecule has 0 aliphatic carbocycles. The molecule has 0 bridgehead atoms. The number of hydrogen-bond donors (Lipinski definition) is 2. The molecule has 0 aliphatic heterocycles. The van der Waals surface area contributed by atoms with Gasteiger partial charge in [0.25, 0.3) is 6.43 Å². The highest BCUT2D eigenvalue weighted by Gasteiger charge is 2.28. The number of benzene rings is 1. The van der Waals surface area contributed by atoms with Gasteiger partial charge in [-0.15, -0.1) is 10.2 Å². The number of ketones is 1. The molecule has 0 fully saturated rings. The van der Waals surface area contributed by atoms with E-state index in [1.165, 1.54) is 0 Å². The van der Waals surface area contributed by atoms with Gasteiger partial charge in [-0.2, -0.15) is 4.80 Å². The summed E-state index contributed by atoms with van der Waals surface area (Å²) in [6, 6.07) is 6.53. The first kappa shape index (κ1) is 18.3. The molecule has 0 saturated heterocycles. The van der Waals surface area contributed by atoms with Gasteiger partial charge in [0.15, 0.2) is 5.78 Å². The van der Waals surface area contributed by atoms with E-state index >= 15 is 0 Å². The maximum atomic E-state index is 13.5. The first-order valence-electron chi connectivity index (χ1n) is 7.62. The van der Waals surface area contributed by atoms with Crippen LogP contribution in [0.3, 0.4) is 0 Å². The monoisotopic (exact) mass is 425 g/mol. The number of aliphatic hydroxyl groups excluding tert-OH is 1. The van der Waals surface area contributed by atoms with Gasteiger partial charge in [-0.3, -0.25) is 4.79 Å². The van der Waals surface area contributed by atoms with Crippen molar-refractivity contribution in [2.75, 3.05) is 6.61 Å². The van der Waals surface area contributed by atoms with Crippen LogP contribution in [-0.2, 0) is 6.54 Å². The van der Waals surface area contributed by atoms with Gasteiger partial charge in [-0.25, -0.2) is 8.78 Å². The van der Waals surface area contributed by atoms with Crippen molar-refractivity contribution in [2.24, 2.45) is 0 Å². The number of aromatic amines is 1. The Morgan fingerprint density at radius 1 is 1.42 bits per heavy atom. The number of carbonyl (C=O) groups is 1. The molecule has 26 heavy (non-hydrogen) atoms. The summed E-state index contributed by atoms with van der Waals surface area (Å²) < 4.78 is 27.7. The number of alkyl halides is 2. The third-order valence-electron chi connectivity index (χ3n) is 3.79. The number of carbonyl (C=O) groups excluding carboxylic acids is 1. The molecule has 3 aromatic rings. The molecular formula is C16H14BrF2N5O2. The van der Waals surface area contributed by atoms with Gasteiger partial charge in [-0.1, -0.05) is 28.1 Å². The summed E-state index contributed by atoms with van der Waals surface area (Å²) in [6.07, 6.45) is -2.87. The smallest absolute Gasteiger partial charge is 0.279 e. The van der Waals surface area contributed by atoms with Crippen molar-refractivity contribution in [1.29, 1.82) is 0 Å². The zero-order valence-corrected chi connectivity index (χ0v) is 15.2. The maximum absolute atomic E-state index is 13.5. The van der Waals surface area contributed by atoms with Crippen LogP contribution in [0, 0.1) is 6.92 Å². The Balaban J connectivity index is 2.10. The number of tetrazole rings is 1. The summed E-state index contributed by atoms with van der Waals surface area (Å²) in [7, 11) is 0. The quantitative estimate of drug-likeness (QED) is 0.591. The van der Waals surface area contributed by atoms with Gasteiger partial charge in [-0.05, 0) is 29.8 Å². The number of rotatable bonds is 6. The zero-order chi connectivity index (χ0) is 18.8. The molecular weight excluding hydrogens is 412 g/mol. The predicted octanol–water partition coefficient (Wildman–Crippen LogP) is 2.90. The lowest BCUT2D eigenvalue weighted by atomic mass is 9.99. The fourth-order valence-corrected chi connectivity index (χ4v) is 3.00. The van der Waals surface area contributed by atoms with Gasteiger partial charge in [0, 0.05) is 10.0 Å². The largest absolute Gasteiger partial charge is 0.394 e. The van der Waals surface area contributed by atoms with Crippen LogP contribution < -0.4 is 0 Å². The Hall–Kier alpha value is -2.46. The summed E-state index contributed by atoms with van der Waals surface area (Å²) in [5, 5.41) is 20.5. The molecule has 0 aliphatic rings. The number of hydrogen-bond acceptors (Lipinski definition) is 5. The second-order valence-electron chi connectivity index (χ2n) is 5.49. The Morgan fingerprint density at radius 3 is 2.85 bits per heavy atom. The average Bonchev–Trinajstić information content (AvgIpc) is 3.19. The minimum absolute atomic E-state index is 0.0751. The standard InChI is InChI=1S/C16H14BrF2N5O2/c1-8-11(14(26)9-3-2-4-10(17)7-9)13(15(18)19)20-12(8)16-21-23-24(22-16)5-6-25/h2-4,7,15,20,25H,5-6H2,1H3. The molecule has 0 radical (unpaired) electrons. The summed E-state index contributed by atoms with van der Waals surface area (Å²) in [4.78, 5) is 16.5. The van der Waals surface area contributed by atoms with E-state index in [1.54, 1.807) is 31.2 Å². The van der Waals surface area contributed by atoms with Crippen LogP contribution in [0.5, 0.6) is 0 Å². The topological polar surface area (TPSA) is 96.7 Å². The lowest BCUT2D eigenvalue weighted by molar-refractivity contribution is 0.102. The van der Waals surface area contributed by atoms with Crippen molar-refractivity contribution in [3.8, 4) is 11.5 Å².